The van der Waals surface area contributed by atoms with Gasteiger partial charge in [-0.15, -0.1) is 0 Å². The summed E-state index contributed by atoms with van der Waals surface area (Å²) in [4.78, 5) is 0. The van der Waals surface area contributed by atoms with E-state index in [1.165, 1.54) is 0 Å². The summed E-state index contributed by atoms with van der Waals surface area (Å²) in [5.74, 6) is 0.833. The molecule has 1 N–H and O–H groups in total. The first-order valence-corrected chi connectivity index (χ1v) is 4.53. The van der Waals surface area contributed by atoms with Gasteiger partial charge >= 0.3 is 0 Å². The molecule has 1 atom stereocenters. The third kappa shape index (κ3) is 1.01. The van der Waals surface area contributed by atoms with E-state index >= 15 is 0 Å². The van der Waals surface area contributed by atoms with Crippen LogP contribution in [0.4, 0.5) is 0 Å². The van der Waals surface area contributed by atoms with Crippen molar-refractivity contribution in [1.29, 1.82) is 0 Å². The zero-order valence-electron chi connectivity index (χ0n) is 8.65. The van der Waals surface area contributed by atoms with E-state index in [9.17, 15) is 0 Å². The van der Waals surface area contributed by atoms with Crippen LogP contribution in [0, 0.1) is 16.7 Å². The Hall–Kier alpha value is -0.0400. The maximum Gasteiger partial charge on any atom is 0.00746 e. The minimum atomic E-state index is 0.523. The van der Waals surface area contributed by atoms with Crippen molar-refractivity contribution >= 4 is 0 Å². The normalized spacial score (nSPS) is 30.0. The van der Waals surface area contributed by atoms with Gasteiger partial charge in [-0.3, -0.25) is 0 Å². The van der Waals surface area contributed by atoms with Crippen molar-refractivity contribution < 1.29 is 0 Å². The molecule has 0 aromatic carbocycles. The highest BCUT2D eigenvalue weighted by Crippen LogP contribution is 2.69. The van der Waals surface area contributed by atoms with Crippen LogP contribution in [-0.2, 0) is 0 Å². The van der Waals surface area contributed by atoms with Gasteiger partial charge < -0.3 is 5.32 Å². The van der Waals surface area contributed by atoms with Crippen LogP contribution in [0.5, 0.6) is 0 Å². The average molecular weight is 155 g/mol. The van der Waals surface area contributed by atoms with Gasteiger partial charge in [-0.1, -0.05) is 27.7 Å². The molecule has 1 rings (SSSR count). The first-order chi connectivity index (χ1) is 4.85. The summed E-state index contributed by atoms with van der Waals surface area (Å²) in [5, 5.41) is 3.34. The Kier molecular flexibility index (Phi) is 1.83. The number of nitrogens with one attached hydrogen (secondary N) is 1. The highest BCUT2D eigenvalue weighted by molar-refractivity contribution is 5.15. The molecule has 0 heterocycles. The lowest BCUT2D eigenvalue weighted by molar-refractivity contribution is 0.453. The fourth-order valence-electron chi connectivity index (χ4n) is 2.66. The Morgan fingerprint density at radius 3 is 1.55 bits per heavy atom. The van der Waals surface area contributed by atoms with Gasteiger partial charge in [0.15, 0.2) is 0 Å². The molecule has 1 saturated carbocycles. The van der Waals surface area contributed by atoms with Gasteiger partial charge in [0.05, 0.1) is 0 Å². The van der Waals surface area contributed by atoms with Gasteiger partial charge in [-0.05, 0) is 30.7 Å². The molecule has 0 aromatic rings. The lowest BCUT2D eigenvalue weighted by Crippen LogP contribution is -2.26. The smallest absolute Gasteiger partial charge is 0.00746 e. The van der Waals surface area contributed by atoms with Gasteiger partial charge in [0.1, 0.15) is 0 Å². The summed E-state index contributed by atoms with van der Waals surface area (Å²) in [7, 11) is 2.05. The lowest BCUT2D eigenvalue weighted by atomic mass is 10.0. The molecule has 1 aliphatic carbocycles. The third-order valence-corrected chi connectivity index (χ3v) is 4.09. The van der Waals surface area contributed by atoms with Crippen molar-refractivity contribution in [2.45, 2.75) is 40.7 Å². The molecule has 0 radical (unpaired) electrons. The minimum Gasteiger partial charge on any atom is -0.317 e. The zero-order valence-corrected chi connectivity index (χ0v) is 8.65. The van der Waals surface area contributed by atoms with Gasteiger partial charge in [0.25, 0.3) is 0 Å². The fraction of sp³-hybridized carbons (Fsp3) is 1.00. The molecule has 11 heavy (non-hydrogen) atoms. The third-order valence-electron chi connectivity index (χ3n) is 4.09. The molecular weight excluding hydrogens is 134 g/mol. The summed E-state index contributed by atoms with van der Waals surface area (Å²) < 4.78 is 0. The summed E-state index contributed by atoms with van der Waals surface area (Å²) in [5.41, 5.74) is 1.05. The van der Waals surface area contributed by atoms with E-state index in [1.54, 1.807) is 0 Å². The highest BCUT2D eigenvalue weighted by Gasteiger charge is 2.65. The van der Waals surface area contributed by atoms with E-state index in [1.807, 2.05) is 0 Å². The van der Waals surface area contributed by atoms with E-state index in [0.717, 1.165) is 5.92 Å². The second kappa shape index (κ2) is 2.22. The first kappa shape index (κ1) is 9.05. The van der Waals surface area contributed by atoms with E-state index in [-0.39, 0.29) is 0 Å². The van der Waals surface area contributed by atoms with Crippen LogP contribution in [0.25, 0.3) is 0 Å². The SMILES string of the molecule is CNC(C)C1C(C)(C)C1(C)C. The minimum absolute atomic E-state index is 0.523. The summed E-state index contributed by atoms with van der Waals surface area (Å²) >= 11 is 0. The van der Waals surface area contributed by atoms with Crippen molar-refractivity contribution in [3.63, 3.8) is 0 Å². The predicted octanol–water partition coefficient (Wildman–Crippen LogP) is 2.28. The average Bonchev–Trinajstić information content (AvgIpc) is 2.24. The van der Waals surface area contributed by atoms with Crippen molar-refractivity contribution in [3.05, 3.63) is 0 Å². The van der Waals surface area contributed by atoms with Crippen LogP contribution in [-0.4, -0.2) is 13.1 Å². The van der Waals surface area contributed by atoms with Crippen LogP contribution < -0.4 is 5.32 Å². The number of hydrogen-bond acceptors (Lipinski definition) is 1. The molecule has 0 aromatic heterocycles. The van der Waals surface area contributed by atoms with Gasteiger partial charge in [-0.25, -0.2) is 0 Å². The molecule has 0 saturated heterocycles. The second-order valence-electron chi connectivity index (χ2n) is 5.00. The molecule has 0 amide bonds. The topological polar surface area (TPSA) is 12.0 Å². The molecule has 0 spiro atoms. The maximum atomic E-state index is 3.34. The molecule has 1 fully saturated rings. The van der Waals surface area contributed by atoms with Gasteiger partial charge in [-0.2, -0.15) is 0 Å². The highest BCUT2D eigenvalue weighted by atomic mass is 14.9. The monoisotopic (exact) mass is 155 g/mol. The summed E-state index contributed by atoms with van der Waals surface area (Å²) in [6.45, 7) is 11.7. The molecule has 1 nitrogen and oxygen atoms in total. The van der Waals surface area contributed by atoms with E-state index in [4.69, 9.17) is 0 Å². The van der Waals surface area contributed by atoms with Gasteiger partial charge in [0, 0.05) is 6.04 Å². The lowest BCUT2D eigenvalue weighted by Gasteiger charge is -2.11. The Morgan fingerprint density at radius 1 is 1.09 bits per heavy atom. The molecule has 1 aliphatic rings. The summed E-state index contributed by atoms with van der Waals surface area (Å²) in [6.07, 6.45) is 0. The van der Waals surface area contributed by atoms with Crippen LogP contribution in [0.2, 0.25) is 0 Å². The quantitative estimate of drug-likeness (QED) is 0.645. The van der Waals surface area contributed by atoms with E-state index < -0.39 is 0 Å². The molecule has 0 aliphatic heterocycles. The van der Waals surface area contributed by atoms with Crippen LogP contribution in [0.3, 0.4) is 0 Å². The molecule has 66 valence electrons. The van der Waals surface area contributed by atoms with Gasteiger partial charge in [0.2, 0.25) is 0 Å². The zero-order chi connectivity index (χ0) is 8.86. The van der Waals surface area contributed by atoms with Crippen molar-refractivity contribution in [2.24, 2.45) is 16.7 Å². The second-order valence-corrected chi connectivity index (χ2v) is 5.00. The van der Waals surface area contributed by atoms with Crippen LogP contribution >= 0.6 is 0 Å². The standard InChI is InChI=1S/C10H21N/c1-7(11-6)8-9(2,3)10(8,4)5/h7-8,11H,1-6H3. The van der Waals surface area contributed by atoms with E-state index in [0.29, 0.717) is 16.9 Å². The Morgan fingerprint density at radius 2 is 1.45 bits per heavy atom. The Balaban J connectivity index is 2.67. The molecular formula is C10H21N. The predicted molar refractivity (Wildman–Crippen MR) is 49.6 cm³/mol. The largest absolute Gasteiger partial charge is 0.317 e. The van der Waals surface area contributed by atoms with Crippen LogP contribution in [0.1, 0.15) is 34.6 Å². The number of hydrogen-bond donors (Lipinski definition) is 1. The Bertz CT molecular complexity index is 144. The van der Waals surface area contributed by atoms with Crippen molar-refractivity contribution in [1.82, 2.24) is 5.32 Å². The van der Waals surface area contributed by atoms with E-state index in [2.05, 4.69) is 47.0 Å². The number of rotatable bonds is 2. The fourth-order valence-corrected chi connectivity index (χ4v) is 2.66. The summed E-state index contributed by atoms with van der Waals surface area (Å²) in [6, 6.07) is 0.653. The molecule has 1 heteroatoms. The van der Waals surface area contributed by atoms with Crippen molar-refractivity contribution in [3.8, 4) is 0 Å². The van der Waals surface area contributed by atoms with Crippen LogP contribution in [0.15, 0.2) is 0 Å². The van der Waals surface area contributed by atoms with Crippen molar-refractivity contribution in [2.75, 3.05) is 7.05 Å². The first-order valence-electron chi connectivity index (χ1n) is 4.53. The Labute approximate surface area is 70.6 Å². The molecule has 0 bridgehead atoms. The maximum absolute atomic E-state index is 3.34. The molecule has 1 unspecified atom stereocenters.